The molecule has 1 aromatic carbocycles. The van der Waals surface area contributed by atoms with E-state index in [1.807, 2.05) is 49.5 Å². The topological polar surface area (TPSA) is 68.5 Å². The summed E-state index contributed by atoms with van der Waals surface area (Å²) in [5.41, 5.74) is 2.42. The van der Waals surface area contributed by atoms with Crippen LogP contribution in [-0.2, 0) is 17.6 Å². The zero-order valence-corrected chi connectivity index (χ0v) is 13.8. The second kappa shape index (κ2) is 7.12. The van der Waals surface area contributed by atoms with Gasteiger partial charge in [-0.2, -0.15) is 5.10 Å². The summed E-state index contributed by atoms with van der Waals surface area (Å²) < 4.78 is 6.89. The largest absolute Gasteiger partial charge is 0.497 e. The van der Waals surface area contributed by atoms with Crippen molar-refractivity contribution in [3.8, 4) is 5.75 Å². The van der Waals surface area contributed by atoms with Gasteiger partial charge in [0.1, 0.15) is 5.75 Å². The second-order valence-corrected chi connectivity index (χ2v) is 5.47. The van der Waals surface area contributed by atoms with E-state index in [9.17, 15) is 4.79 Å². The van der Waals surface area contributed by atoms with Gasteiger partial charge in [0.25, 0.3) is 0 Å². The van der Waals surface area contributed by atoms with Crippen LogP contribution in [-0.4, -0.2) is 27.6 Å². The zero-order chi connectivity index (χ0) is 16.9. The molecular weight excluding hydrogens is 304 g/mol. The van der Waals surface area contributed by atoms with Crippen LogP contribution in [0.1, 0.15) is 24.7 Å². The van der Waals surface area contributed by atoms with Gasteiger partial charge in [0.15, 0.2) is 11.5 Å². The number of rotatable bonds is 6. The molecule has 0 spiro atoms. The number of methoxy groups -OCH3 is 1. The summed E-state index contributed by atoms with van der Waals surface area (Å²) in [5.74, 6) is 1.51. The van der Waals surface area contributed by atoms with Gasteiger partial charge in [0, 0.05) is 19.0 Å². The maximum Gasteiger partial charge on any atom is 0.224 e. The molecule has 2 aromatic heterocycles. The fraction of sp³-hybridized carbons (Fsp3) is 0.278. The minimum Gasteiger partial charge on any atom is -0.497 e. The Balaban J connectivity index is 1.67. The zero-order valence-electron chi connectivity index (χ0n) is 13.8. The number of fused-ring (bicyclic) bond motifs is 1. The lowest BCUT2D eigenvalue weighted by Crippen LogP contribution is -2.13. The molecular formula is C18H20N4O2. The van der Waals surface area contributed by atoms with E-state index in [0.717, 1.165) is 23.6 Å². The average molecular weight is 324 g/mol. The molecule has 24 heavy (non-hydrogen) atoms. The first-order valence-electron chi connectivity index (χ1n) is 7.96. The Bertz CT molecular complexity index is 857. The normalized spacial score (nSPS) is 10.8. The van der Waals surface area contributed by atoms with Crippen LogP contribution in [0.15, 0.2) is 42.6 Å². The number of amides is 1. The number of aromatic nitrogens is 3. The molecule has 124 valence electrons. The van der Waals surface area contributed by atoms with E-state index in [4.69, 9.17) is 4.74 Å². The highest BCUT2D eigenvalue weighted by Crippen LogP contribution is 2.17. The summed E-state index contributed by atoms with van der Waals surface area (Å²) in [7, 11) is 1.63. The number of hydrogen-bond donors (Lipinski definition) is 1. The first-order valence-corrected chi connectivity index (χ1v) is 7.96. The van der Waals surface area contributed by atoms with Crippen molar-refractivity contribution < 1.29 is 9.53 Å². The van der Waals surface area contributed by atoms with Crippen molar-refractivity contribution in [2.45, 2.75) is 26.2 Å². The van der Waals surface area contributed by atoms with Crippen LogP contribution < -0.4 is 10.1 Å². The second-order valence-electron chi connectivity index (χ2n) is 5.47. The Morgan fingerprint density at radius 3 is 2.96 bits per heavy atom. The van der Waals surface area contributed by atoms with Gasteiger partial charge in [-0.25, -0.2) is 9.50 Å². The Morgan fingerprint density at radius 1 is 1.29 bits per heavy atom. The summed E-state index contributed by atoms with van der Waals surface area (Å²) in [5, 5.41) is 7.28. The summed E-state index contributed by atoms with van der Waals surface area (Å²) in [6, 6.07) is 11.4. The number of carbonyl (C=O) groups is 1. The summed E-state index contributed by atoms with van der Waals surface area (Å²) in [6.07, 6.45) is 3.63. The van der Waals surface area contributed by atoms with E-state index in [1.165, 1.54) is 0 Å². The molecule has 0 fully saturated rings. The Labute approximate surface area is 140 Å². The molecule has 0 aliphatic carbocycles. The molecule has 6 heteroatoms. The first-order chi connectivity index (χ1) is 11.7. The van der Waals surface area contributed by atoms with Gasteiger partial charge in [0.05, 0.1) is 12.8 Å². The van der Waals surface area contributed by atoms with E-state index in [0.29, 0.717) is 24.2 Å². The van der Waals surface area contributed by atoms with Gasteiger partial charge in [0.2, 0.25) is 5.91 Å². The van der Waals surface area contributed by atoms with E-state index >= 15 is 0 Å². The molecule has 2 heterocycles. The van der Waals surface area contributed by atoms with Crippen LogP contribution in [0.25, 0.3) is 5.65 Å². The number of ether oxygens (including phenoxy) is 1. The quantitative estimate of drug-likeness (QED) is 0.757. The molecule has 6 nitrogen and oxygen atoms in total. The van der Waals surface area contributed by atoms with Crippen molar-refractivity contribution in [2.24, 2.45) is 0 Å². The molecule has 0 unspecified atom stereocenters. The molecule has 0 saturated carbocycles. The Hall–Kier alpha value is -2.89. The fourth-order valence-electron chi connectivity index (χ4n) is 2.50. The number of nitrogens with zero attached hydrogens (tertiary/aromatic N) is 3. The maximum absolute atomic E-state index is 12.3. The highest BCUT2D eigenvalue weighted by molar-refractivity contribution is 5.94. The summed E-state index contributed by atoms with van der Waals surface area (Å²) in [6.45, 7) is 2.00. The van der Waals surface area contributed by atoms with E-state index in [1.54, 1.807) is 11.6 Å². The number of pyridine rings is 1. The fourth-order valence-corrected chi connectivity index (χ4v) is 2.50. The number of anilines is 1. The van der Waals surface area contributed by atoms with Crippen LogP contribution in [0.5, 0.6) is 5.75 Å². The standard InChI is InChI=1S/C18H20N4O2/c1-3-16-20-18-15(8-5-11-22(18)21-16)19-17(23)10-9-13-6-4-7-14(12-13)24-2/h4-8,11-12H,3,9-10H2,1-2H3,(H,19,23). The van der Waals surface area contributed by atoms with Gasteiger partial charge in [-0.1, -0.05) is 19.1 Å². The predicted octanol–water partition coefficient (Wildman–Crippen LogP) is 2.87. The lowest BCUT2D eigenvalue weighted by molar-refractivity contribution is -0.116. The predicted molar refractivity (Wildman–Crippen MR) is 92.3 cm³/mol. The van der Waals surface area contributed by atoms with Gasteiger partial charge >= 0.3 is 0 Å². The first kappa shape index (κ1) is 16.0. The number of aryl methyl sites for hydroxylation is 2. The number of nitrogens with one attached hydrogen (secondary N) is 1. The van der Waals surface area contributed by atoms with E-state index in [-0.39, 0.29) is 5.91 Å². The molecule has 0 aliphatic rings. The van der Waals surface area contributed by atoms with Crippen LogP contribution in [0.2, 0.25) is 0 Å². The van der Waals surface area contributed by atoms with Crippen molar-refractivity contribution in [1.29, 1.82) is 0 Å². The van der Waals surface area contributed by atoms with Crippen LogP contribution >= 0.6 is 0 Å². The molecule has 0 atom stereocenters. The highest BCUT2D eigenvalue weighted by atomic mass is 16.5. The maximum atomic E-state index is 12.3. The van der Waals surface area contributed by atoms with E-state index in [2.05, 4.69) is 15.4 Å². The molecule has 3 aromatic rings. The van der Waals surface area contributed by atoms with Gasteiger partial charge in [-0.05, 0) is 36.2 Å². The average Bonchev–Trinajstić information content (AvgIpc) is 3.04. The van der Waals surface area contributed by atoms with Crippen molar-refractivity contribution in [2.75, 3.05) is 12.4 Å². The molecule has 1 N–H and O–H groups in total. The molecule has 0 radical (unpaired) electrons. The number of benzene rings is 1. The third kappa shape index (κ3) is 3.53. The summed E-state index contributed by atoms with van der Waals surface area (Å²) in [4.78, 5) is 16.7. The van der Waals surface area contributed by atoms with Crippen molar-refractivity contribution >= 4 is 17.2 Å². The summed E-state index contributed by atoms with van der Waals surface area (Å²) >= 11 is 0. The lowest BCUT2D eigenvalue weighted by Gasteiger charge is -2.07. The molecule has 0 aliphatic heterocycles. The van der Waals surface area contributed by atoms with Crippen LogP contribution in [0.3, 0.4) is 0 Å². The van der Waals surface area contributed by atoms with Gasteiger partial charge in [-0.15, -0.1) is 0 Å². The van der Waals surface area contributed by atoms with Crippen molar-refractivity contribution in [1.82, 2.24) is 14.6 Å². The third-order valence-corrected chi connectivity index (χ3v) is 3.77. The Morgan fingerprint density at radius 2 is 2.17 bits per heavy atom. The minimum absolute atomic E-state index is 0.0491. The number of carbonyl (C=O) groups excluding carboxylic acids is 1. The minimum atomic E-state index is -0.0491. The number of hydrogen-bond acceptors (Lipinski definition) is 4. The smallest absolute Gasteiger partial charge is 0.224 e. The molecule has 1 amide bonds. The molecule has 3 rings (SSSR count). The van der Waals surface area contributed by atoms with Crippen LogP contribution in [0, 0.1) is 0 Å². The van der Waals surface area contributed by atoms with Gasteiger partial charge in [-0.3, -0.25) is 4.79 Å². The van der Waals surface area contributed by atoms with Gasteiger partial charge < -0.3 is 10.1 Å². The van der Waals surface area contributed by atoms with E-state index < -0.39 is 0 Å². The lowest BCUT2D eigenvalue weighted by atomic mass is 10.1. The SMILES string of the molecule is CCc1nc2c(NC(=O)CCc3cccc(OC)c3)cccn2n1. The van der Waals surface area contributed by atoms with Crippen LogP contribution in [0.4, 0.5) is 5.69 Å². The van der Waals surface area contributed by atoms with Crippen molar-refractivity contribution in [3.05, 3.63) is 54.0 Å². The third-order valence-electron chi connectivity index (χ3n) is 3.77. The molecule has 0 bridgehead atoms. The monoisotopic (exact) mass is 324 g/mol. The Kier molecular flexibility index (Phi) is 4.74. The molecule has 0 saturated heterocycles. The highest BCUT2D eigenvalue weighted by Gasteiger charge is 2.10. The van der Waals surface area contributed by atoms with Crippen molar-refractivity contribution in [3.63, 3.8) is 0 Å².